The summed E-state index contributed by atoms with van der Waals surface area (Å²) in [4.78, 5) is 6.18. The van der Waals surface area contributed by atoms with Crippen LogP contribution in [-0.2, 0) is 19.5 Å². The third kappa shape index (κ3) is 2.85. The first-order valence-corrected chi connectivity index (χ1v) is 7.59. The highest BCUT2D eigenvalue weighted by Crippen LogP contribution is 2.23. The van der Waals surface area contributed by atoms with Crippen molar-refractivity contribution in [1.29, 1.82) is 0 Å². The summed E-state index contributed by atoms with van der Waals surface area (Å²) >= 11 is 0. The zero-order valence-corrected chi connectivity index (χ0v) is 12.5. The number of pyridine rings is 1. The largest absolute Gasteiger partial charge is 0.293 e. The molecule has 1 aliphatic heterocycles. The molecule has 0 radical (unpaired) electrons. The second-order valence-electron chi connectivity index (χ2n) is 5.72. The molecular formula is C17H16FN5. The number of aromatic nitrogens is 4. The van der Waals surface area contributed by atoms with E-state index >= 15 is 0 Å². The summed E-state index contributed by atoms with van der Waals surface area (Å²) in [5.74, 6) is -0.176. The molecule has 0 bridgehead atoms. The maximum atomic E-state index is 14.5. The van der Waals surface area contributed by atoms with Crippen LogP contribution >= 0.6 is 0 Å². The smallest absolute Gasteiger partial charge is 0.128 e. The van der Waals surface area contributed by atoms with Crippen LogP contribution in [0.25, 0.3) is 11.1 Å². The minimum Gasteiger partial charge on any atom is -0.293 e. The van der Waals surface area contributed by atoms with Crippen LogP contribution in [0.1, 0.15) is 17.0 Å². The number of hydrogen-bond donors (Lipinski definition) is 1. The molecule has 3 heterocycles. The summed E-state index contributed by atoms with van der Waals surface area (Å²) < 4.78 is 14.5. The van der Waals surface area contributed by atoms with Crippen LogP contribution in [0.2, 0.25) is 0 Å². The molecule has 0 unspecified atom stereocenters. The standard InChI is InChI=1S/C17H16FN5/c18-15-9-13(12-3-6-19-7-4-12)1-2-14(15)10-23-8-5-16-17(11-23)21-22-20-16/h1-4,6-7,9H,5,8,10-11H2,(H,20,21,22). The van der Waals surface area contributed by atoms with Gasteiger partial charge < -0.3 is 0 Å². The third-order valence-corrected chi connectivity index (χ3v) is 4.20. The van der Waals surface area contributed by atoms with Crippen LogP contribution < -0.4 is 0 Å². The number of H-pyrrole nitrogens is 1. The SMILES string of the molecule is Fc1cc(-c2ccncc2)ccc1CN1CCc2n[nH]nc2C1. The molecule has 116 valence electrons. The molecule has 6 heteroatoms. The molecule has 3 aromatic rings. The summed E-state index contributed by atoms with van der Waals surface area (Å²) in [6, 6.07) is 9.18. The highest BCUT2D eigenvalue weighted by atomic mass is 19.1. The minimum absolute atomic E-state index is 0.176. The topological polar surface area (TPSA) is 57.7 Å². The fourth-order valence-corrected chi connectivity index (χ4v) is 2.93. The van der Waals surface area contributed by atoms with Gasteiger partial charge in [-0.25, -0.2) is 4.39 Å². The summed E-state index contributed by atoms with van der Waals surface area (Å²) in [7, 11) is 0. The monoisotopic (exact) mass is 309 g/mol. The van der Waals surface area contributed by atoms with Crippen molar-refractivity contribution in [3.05, 3.63) is 65.5 Å². The van der Waals surface area contributed by atoms with Crippen molar-refractivity contribution >= 4 is 0 Å². The Hall–Kier alpha value is -2.60. The van der Waals surface area contributed by atoms with Crippen molar-refractivity contribution in [2.45, 2.75) is 19.5 Å². The van der Waals surface area contributed by atoms with E-state index in [1.807, 2.05) is 24.3 Å². The predicted octanol–water partition coefficient (Wildman–Crippen LogP) is 2.56. The number of benzene rings is 1. The fraction of sp³-hybridized carbons (Fsp3) is 0.235. The molecule has 0 amide bonds. The zero-order chi connectivity index (χ0) is 15.6. The second-order valence-corrected chi connectivity index (χ2v) is 5.72. The number of fused-ring (bicyclic) bond motifs is 1. The van der Waals surface area contributed by atoms with Gasteiger partial charge >= 0.3 is 0 Å². The van der Waals surface area contributed by atoms with Crippen molar-refractivity contribution in [3.63, 3.8) is 0 Å². The van der Waals surface area contributed by atoms with E-state index in [2.05, 4.69) is 25.3 Å². The first-order chi connectivity index (χ1) is 11.3. The van der Waals surface area contributed by atoms with Gasteiger partial charge in [-0.1, -0.05) is 12.1 Å². The van der Waals surface area contributed by atoms with E-state index in [0.29, 0.717) is 18.7 Å². The van der Waals surface area contributed by atoms with Crippen LogP contribution in [-0.4, -0.2) is 31.8 Å². The highest BCUT2D eigenvalue weighted by molar-refractivity contribution is 5.63. The lowest BCUT2D eigenvalue weighted by Gasteiger charge is -2.25. The second kappa shape index (κ2) is 5.89. The lowest BCUT2D eigenvalue weighted by molar-refractivity contribution is 0.238. The Balaban J connectivity index is 1.52. The molecule has 0 saturated carbocycles. The fourth-order valence-electron chi connectivity index (χ4n) is 2.93. The van der Waals surface area contributed by atoms with Crippen LogP contribution in [0.15, 0.2) is 42.7 Å². The van der Waals surface area contributed by atoms with Crippen LogP contribution in [0.5, 0.6) is 0 Å². The molecular weight excluding hydrogens is 293 g/mol. The lowest BCUT2D eigenvalue weighted by atomic mass is 10.0. The number of nitrogens with zero attached hydrogens (tertiary/aromatic N) is 4. The number of halogens is 1. The summed E-state index contributed by atoms with van der Waals surface area (Å²) in [5, 5.41) is 10.9. The molecule has 1 aromatic carbocycles. The normalized spacial score (nSPS) is 14.7. The van der Waals surface area contributed by atoms with Gasteiger partial charge in [-0.05, 0) is 29.3 Å². The van der Waals surface area contributed by atoms with Gasteiger partial charge in [-0.15, -0.1) is 0 Å². The van der Waals surface area contributed by atoms with Crippen molar-refractivity contribution in [2.24, 2.45) is 0 Å². The lowest BCUT2D eigenvalue weighted by Crippen LogP contribution is -2.30. The van der Waals surface area contributed by atoms with Gasteiger partial charge in [-0.2, -0.15) is 15.4 Å². The maximum absolute atomic E-state index is 14.5. The van der Waals surface area contributed by atoms with Gasteiger partial charge in [0.2, 0.25) is 0 Å². The van der Waals surface area contributed by atoms with E-state index in [9.17, 15) is 4.39 Å². The van der Waals surface area contributed by atoms with Crippen molar-refractivity contribution in [1.82, 2.24) is 25.3 Å². The van der Waals surface area contributed by atoms with Crippen molar-refractivity contribution in [2.75, 3.05) is 6.54 Å². The van der Waals surface area contributed by atoms with Crippen LogP contribution in [0.3, 0.4) is 0 Å². The van der Waals surface area contributed by atoms with E-state index in [1.165, 1.54) is 0 Å². The van der Waals surface area contributed by atoms with Gasteiger partial charge in [-0.3, -0.25) is 9.88 Å². The Morgan fingerprint density at radius 2 is 1.87 bits per heavy atom. The number of aromatic amines is 1. The third-order valence-electron chi connectivity index (χ3n) is 4.20. The molecule has 23 heavy (non-hydrogen) atoms. The quantitative estimate of drug-likeness (QED) is 0.808. The molecule has 4 rings (SSSR count). The van der Waals surface area contributed by atoms with Crippen molar-refractivity contribution in [3.8, 4) is 11.1 Å². The number of hydrogen-bond acceptors (Lipinski definition) is 4. The Kier molecular flexibility index (Phi) is 3.59. The predicted molar refractivity (Wildman–Crippen MR) is 83.8 cm³/mol. The maximum Gasteiger partial charge on any atom is 0.128 e. The van der Waals surface area contributed by atoms with Gasteiger partial charge in [0.1, 0.15) is 5.82 Å². The first-order valence-electron chi connectivity index (χ1n) is 7.59. The molecule has 5 nitrogen and oxygen atoms in total. The van der Waals surface area contributed by atoms with Gasteiger partial charge in [0.15, 0.2) is 0 Å². The summed E-state index contributed by atoms with van der Waals surface area (Å²) in [6.45, 7) is 2.15. The molecule has 0 spiro atoms. The Morgan fingerprint density at radius 1 is 1.04 bits per heavy atom. The Labute approximate surface area is 133 Å². The van der Waals surface area contributed by atoms with Crippen molar-refractivity contribution < 1.29 is 4.39 Å². The van der Waals surface area contributed by atoms with Crippen LogP contribution in [0.4, 0.5) is 4.39 Å². The molecule has 1 N–H and O–H groups in total. The van der Waals surface area contributed by atoms with E-state index in [4.69, 9.17) is 0 Å². The molecule has 0 aliphatic carbocycles. The van der Waals surface area contributed by atoms with Gasteiger partial charge in [0.05, 0.1) is 11.4 Å². The first kappa shape index (κ1) is 14.0. The molecule has 0 saturated heterocycles. The minimum atomic E-state index is -0.176. The van der Waals surface area contributed by atoms with E-state index < -0.39 is 0 Å². The molecule has 2 aromatic heterocycles. The number of rotatable bonds is 3. The van der Waals surface area contributed by atoms with Gasteiger partial charge in [0.25, 0.3) is 0 Å². The average molecular weight is 309 g/mol. The highest BCUT2D eigenvalue weighted by Gasteiger charge is 2.20. The summed E-state index contributed by atoms with van der Waals surface area (Å²) in [5.41, 5.74) is 4.52. The zero-order valence-electron chi connectivity index (χ0n) is 12.5. The molecule has 0 atom stereocenters. The Morgan fingerprint density at radius 3 is 2.70 bits per heavy atom. The number of nitrogens with one attached hydrogen (secondary N) is 1. The van der Waals surface area contributed by atoms with E-state index in [0.717, 1.165) is 35.5 Å². The average Bonchev–Trinajstić information content (AvgIpc) is 3.05. The van der Waals surface area contributed by atoms with Gasteiger partial charge in [0, 0.05) is 44.0 Å². The Bertz CT molecular complexity index is 815. The molecule has 0 fully saturated rings. The van der Waals surface area contributed by atoms with E-state index in [1.54, 1.807) is 18.5 Å². The molecule has 1 aliphatic rings. The summed E-state index contributed by atoms with van der Waals surface area (Å²) in [6.07, 6.45) is 4.28. The van der Waals surface area contributed by atoms with Crippen LogP contribution in [0, 0.1) is 5.82 Å². The van der Waals surface area contributed by atoms with E-state index in [-0.39, 0.29) is 5.82 Å².